The fraction of sp³-hybridized carbons (Fsp3) is 0.462. The number of aromatic nitrogens is 1. The van der Waals surface area contributed by atoms with Gasteiger partial charge in [-0.1, -0.05) is 45.0 Å². The van der Waals surface area contributed by atoms with E-state index in [1.54, 1.807) is 0 Å². The first-order valence-corrected chi connectivity index (χ1v) is 11.5. The van der Waals surface area contributed by atoms with Gasteiger partial charge in [0.25, 0.3) is 0 Å². The number of carbonyl (C=O) groups is 1. The first-order chi connectivity index (χ1) is 15.4. The fourth-order valence-corrected chi connectivity index (χ4v) is 4.53. The van der Waals surface area contributed by atoms with Gasteiger partial charge in [-0.2, -0.15) is 0 Å². The van der Waals surface area contributed by atoms with Crippen molar-refractivity contribution in [3.63, 3.8) is 0 Å². The molecule has 0 bridgehead atoms. The largest absolute Gasteiger partial charge is 0.377 e. The molecule has 6 heteroatoms. The van der Waals surface area contributed by atoms with Crippen LogP contribution in [-0.4, -0.2) is 48.1 Å². The summed E-state index contributed by atoms with van der Waals surface area (Å²) >= 11 is 0. The Balaban J connectivity index is 1.28. The van der Waals surface area contributed by atoms with E-state index in [2.05, 4.69) is 67.6 Å². The summed E-state index contributed by atoms with van der Waals surface area (Å²) in [6.07, 6.45) is 5.62. The number of hydrazine groups is 1. The van der Waals surface area contributed by atoms with E-state index in [-0.39, 0.29) is 11.3 Å². The molecule has 4 heterocycles. The maximum Gasteiger partial charge on any atom is 0.223 e. The fourth-order valence-electron chi connectivity index (χ4n) is 4.53. The molecule has 0 atom stereocenters. The summed E-state index contributed by atoms with van der Waals surface area (Å²) < 4.78 is 5.37. The molecule has 1 N–H and O–H groups in total. The van der Waals surface area contributed by atoms with E-state index in [0.29, 0.717) is 19.0 Å². The quantitative estimate of drug-likeness (QED) is 0.791. The van der Waals surface area contributed by atoms with Crippen molar-refractivity contribution in [2.45, 2.75) is 46.2 Å². The summed E-state index contributed by atoms with van der Waals surface area (Å²) in [6.45, 7) is 10.2. The third-order valence-electron chi connectivity index (χ3n) is 6.44. The number of fused-ring (bicyclic) bond motifs is 1. The van der Waals surface area contributed by atoms with Gasteiger partial charge in [-0.15, -0.1) is 0 Å². The molecule has 5 rings (SSSR count). The number of nitrogens with zero attached hydrogens (tertiary/aromatic N) is 3. The van der Waals surface area contributed by atoms with Crippen molar-refractivity contribution in [1.82, 2.24) is 15.3 Å². The van der Waals surface area contributed by atoms with Crippen LogP contribution in [0.25, 0.3) is 16.8 Å². The van der Waals surface area contributed by atoms with Gasteiger partial charge in [-0.25, -0.2) is 5.43 Å². The summed E-state index contributed by atoms with van der Waals surface area (Å²) in [6, 6.07) is 11.3. The van der Waals surface area contributed by atoms with Crippen molar-refractivity contribution in [3.05, 3.63) is 53.7 Å². The van der Waals surface area contributed by atoms with E-state index in [4.69, 9.17) is 9.72 Å². The number of pyridine rings is 1. The zero-order chi connectivity index (χ0) is 22.3. The minimum atomic E-state index is 0.0249. The van der Waals surface area contributed by atoms with Gasteiger partial charge in [0.2, 0.25) is 5.91 Å². The molecule has 0 saturated carbocycles. The Morgan fingerprint density at radius 1 is 1.19 bits per heavy atom. The Hall–Kier alpha value is -2.70. The first-order valence-electron chi connectivity index (χ1n) is 11.5. The lowest BCUT2D eigenvalue weighted by molar-refractivity contribution is -0.132. The Bertz CT molecular complexity index is 1030. The van der Waals surface area contributed by atoms with Crippen molar-refractivity contribution in [1.29, 1.82) is 0 Å². The number of anilines is 1. The van der Waals surface area contributed by atoms with Crippen molar-refractivity contribution in [2.75, 3.05) is 31.3 Å². The molecular weight excluding hydrogens is 400 g/mol. The highest BCUT2D eigenvalue weighted by molar-refractivity contribution is 5.79. The minimum absolute atomic E-state index is 0.0249. The van der Waals surface area contributed by atoms with Gasteiger partial charge in [0.1, 0.15) is 0 Å². The molecule has 1 aromatic carbocycles. The molecule has 1 amide bonds. The Morgan fingerprint density at radius 2 is 2.00 bits per heavy atom. The number of hydrogen-bond donors (Lipinski definition) is 1. The van der Waals surface area contributed by atoms with Crippen LogP contribution < -0.4 is 10.4 Å². The molecule has 0 spiro atoms. The van der Waals surface area contributed by atoms with Gasteiger partial charge in [-0.3, -0.25) is 9.78 Å². The highest BCUT2D eigenvalue weighted by atomic mass is 16.5. The molecule has 32 heavy (non-hydrogen) atoms. The molecular formula is C26H32N4O2. The second-order valence-electron chi connectivity index (χ2n) is 10.2. The number of benzene rings is 1. The third kappa shape index (κ3) is 4.30. The Labute approximate surface area is 190 Å². The van der Waals surface area contributed by atoms with E-state index in [1.165, 1.54) is 16.8 Å². The van der Waals surface area contributed by atoms with Crippen LogP contribution in [0.3, 0.4) is 0 Å². The predicted octanol–water partition coefficient (Wildman–Crippen LogP) is 4.02. The second-order valence-corrected chi connectivity index (χ2v) is 10.2. The van der Waals surface area contributed by atoms with Crippen molar-refractivity contribution in [3.8, 4) is 11.3 Å². The first kappa shape index (κ1) is 21.2. The van der Waals surface area contributed by atoms with Gasteiger partial charge >= 0.3 is 0 Å². The summed E-state index contributed by atoms with van der Waals surface area (Å²) in [4.78, 5) is 19.2. The van der Waals surface area contributed by atoms with Gasteiger partial charge in [0, 0.05) is 37.8 Å². The van der Waals surface area contributed by atoms with Crippen LogP contribution in [-0.2, 0) is 16.1 Å². The lowest BCUT2D eigenvalue weighted by Gasteiger charge is -2.36. The molecule has 1 saturated heterocycles. The SMILES string of the molecule is CC(C)(C)CC(=O)N1CC=C(c2ccc(-c3ccc4c(c3)N(C3COC3)NC4)nc2)CC1. The summed E-state index contributed by atoms with van der Waals surface area (Å²) in [5, 5.41) is 2.25. The average Bonchev–Trinajstić information content (AvgIpc) is 3.14. The van der Waals surface area contributed by atoms with Gasteiger partial charge in [-0.05, 0) is 40.7 Å². The third-order valence-corrected chi connectivity index (χ3v) is 6.44. The number of ether oxygens (including phenoxy) is 1. The zero-order valence-electron chi connectivity index (χ0n) is 19.2. The highest BCUT2D eigenvalue weighted by Crippen LogP contribution is 2.33. The molecule has 0 unspecified atom stereocenters. The smallest absolute Gasteiger partial charge is 0.223 e. The molecule has 2 aromatic rings. The molecule has 3 aliphatic heterocycles. The lowest BCUT2D eigenvalue weighted by atomic mass is 9.91. The number of amides is 1. The van der Waals surface area contributed by atoms with Crippen LogP contribution >= 0.6 is 0 Å². The van der Waals surface area contributed by atoms with Gasteiger partial charge < -0.3 is 14.6 Å². The van der Waals surface area contributed by atoms with Crippen LogP contribution in [0.4, 0.5) is 5.69 Å². The summed E-state index contributed by atoms with van der Waals surface area (Å²) in [5.74, 6) is 0.245. The molecule has 168 valence electrons. The normalized spacial score (nSPS) is 18.9. The zero-order valence-corrected chi connectivity index (χ0v) is 19.2. The standard InChI is InChI=1S/C26H32N4O2/c1-26(2,3)13-25(31)29-10-8-18(9-11-29)20-6-7-23(27-14-20)19-4-5-21-15-28-30(24(21)12-19)22-16-32-17-22/h4-8,12,14,22,28H,9-11,13,15-17H2,1-3H3. The van der Waals surface area contributed by atoms with E-state index >= 15 is 0 Å². The molecule has 3 aliphatic rings. The van der Waals surface area contributed by atoms with Crippen molar-refractivity contribution >= 4 is 17.2 Å². The maximum absolute atomic E-state index is 12.5. The van der Waals surface area contributed by atoms with Gasteiger partial charge in [0.05, 0.1) is 30.6 Å². The molecule has 6 nitrogen and oxygen atoms in total. The predicted molar refractivity (Wildman–Crippen MR) is 127 cm³/mol. The van der Waals surface area contributed by atoms with Crippen LogP contribution in [0.2, 0.25) is 0 Å². The second kappa shape index (κ2) is 8.34. The topological polar surface area (TPSA) is 57.7 Å². The minimum Gasteiger partial charge on any atom is -0.377 e. The van der Waals surface area contributed by atoms with Crippen LogP contribution in [0.5, 0.6) is 0 Å². The molecule has 1 fully saturated rings. The van der Waals surface area contributed by atoms with E-state index in [0.717, 1.165) is 49.5 Å². The van der Waals surface area contributed by atoms with Crippen LogP contribution in [0.1, 0.15) is 44.7 Å². The average molecular weight is 433 g/mol. The number of nitrogens with one attached hydrogen (secondary N) is 1. The number of hydrogen-bond acceptors (Lipinski definition) is 5. The monoisotopic (exact) mass is 432 g/mol. The summed E-state index contributed by atoms with van der Waals surface area (Å²) in [7, 11) is 0. The Morgan fingerprint density at radius 3 is 2.62 bits per heavy atom. The van der Waals surface area contributed by atoms with Gasteiger partial charge in [0.15, 0.2) is 0 Å². The van der Waals surface area contributed by atoms with Crippen LogP contribution in [0, 0.1) is 5.41 Å². The maximum atomic E-state index is 12.5. The lowest BCUT2D eigenvalue weighted by Crippen LogP contribution is -2.53. The molecule has 1 aromatic heterocycles. The molecule has 0 radical (unpaired) electrons. The Kier molecular flexibility index (Phi) is 5.51. The van der Waals surface area contributed by atoms with Crippen molar-refractivity contribution in [2.24, 2.45) is 5.41 Å². The molecule has 0 aliphatic carbocycles. The number of carbonyl (C=O) groups excluding carboxylic acids is 1. The van der Waals surface area contributed by atoms with Crippen LogP contribution in [0.15, 0.2) is 42.6 Å². The van der Waals surface area contributed by atoms with E-state index in [9.17, 15) is 4.79 Å². The number of rotatable bonds is 4. The van der Waals surface area contributed by atoms with Crippen molar-refractivity contribution < 1.29 is 9.53 Å². The highest BCUT2D eigenvalue weighted by Gasteiger charge is 2.31. The van der Waals surface area contributed by atoms with E-state index in [1.807, 2.05) is 11.1 Å². The summed E-state index contributed by atoms with van der Waals surface area (Å²) in [5.41, 5.74) is 10.6. The van der Waals surface area contributed by atoms with E-state index < -0.39 is 0 Å².